The third kappa shape index (κ3) is 4.58. The normalized spacial score (nSPS) is 20.4. The van der Waals surface area contributed by atoms with Crippen LogP contribution in [0.15, 0.2) is 23.6 Å². The fourth-order valence-corrected chi connectivity index (χ4v) is 7.38. The number of rotatable bonds is 5. The first-order chi connectivity index (χ1) is 16.8. The number of carbonyl (C=O) groups excluding carboxylic acids is 2. The molecule has 3 aromatic heterocycles. The number of hydrogen-bond acceptors (Lipinski definition) is 8. The molecule has 11 heteroatoms. The van der Waals surface area contributed by atoms with Crippen LogP contribution >= 0.6 is 11.3 Å². The van der Waals surface area contributed by atoms with Gasteiger partial charge in [0.15, 0.2) is 15.5 Å². The lowest BCUT2D eigenvalue weighted by molar-refractivity contribution is -0.149. The summed E-state index contributed by atoms with van der Waals surface area (Å²) in [7, 11) is -3.12. The molecule has 2 saturated heterocycles. The van der Waals surface area contributed by atoms with Crippen molar-refractivity contribution in [2.45, 2.75) is 39.2 Å². The molecule has 0 bridgehead atoms. The average molecular weight is 517 g/mol. The summed E-state index contributed by atoms with van der Waals surface area (Å²) in [6, 6.07) is 5.40. The highest BCUT2D eigenvalue weighted by atomic mass is 32.2. The van der Waals surface area contributed by atoms with Gasteiger partial charge in [0.1, 0.15) is 0 Å². The molecule has 2 aliphatic rings. The van der Waals surface area contributed by atoms with Crippen molar-refractivity contribution in [1.82, 2.24) is 19.7 Å². The quantitative estimate of drug-likeness (QED) is 0.479. The van der Waals surface area contributed by atoms with E-state index in [1.807, 2.05) is 30.5 Å². The SMILES string of the molecule is CCOC(=O)C1CCN(C(=O)c2cc(-c3cccs3)nc3c2c(C)nn3C2CCS(=O)(=O)C2)CC1. The van der Waals surface area contributed by atoms with Crippen LogP contribution in [0.4, 0.5) is 0 Å². The number of aromatic nitrogens is 3. The van der Waals surface area contributed by atoms with Crippen LogP contribution in [0.1, 0.15) is 48.3 Å². The van der Waals surface area contributed by atoms with E-state index in [1.54, 1.807) is 16.5 Å². The fourth-order valence-electron chi connectivity index (χ4n) is 5.00. The Labute approximate surface area is 208 Å². The Balaban J connectivity index is 1.53. The van der Waals surface area contributed by atoms with E-state index in [4.69, 9.17) is 9.72 Å². The van der Waals surface area contributed by atoms with Crippen LogP contribution in [0.3, 0.4) is 0 Å². The third-order valence-corrected chi connectivity index (χ3v) is 9.44. The van der Waals surface area contributed by atoms with Gasteiger partial charge in [0, 0.05) is 13.1 Å². The Kier molecular flexibility index (Phi) is 6.39. The van der Waals surface area contributed by atoms with Crippen molar-refractivity contribution in [2.24, 2.45) is 5.92 Å². The molecule has 5 heterocycles. The molecule has 0 saturated carbocycles. The highest BCUT2D eigenvalue weighted by Crippen LogP contribution is 2.34. The maximum Gasteiger partial charge on any atom is 0.309 e. The predicted octanol–water partition coefficient (Wildman–Crippen LogP) is 3.24. The summed E-state index contributed by atoms with van der Waals surface area (Å²) in [5.74, 6) is -0.358. The molecular weight excluding hydrogens is 488 g/mol. The van der Waals surface area contributed by atoms with Gasteiger partial charge in [-0.25, -0.2) is 18.1 Å². The van der Waals surface area contributed by atoms with Gasteiger partial charge in [-0.15, -0.1) is 11.3 Å². The summed E-state index contributed by atoms with van der Waals surface area (Å²) in [6.07, 6.45) is 1.61. The molecule has 0 radical (unpaired) electrons. The molecule has 2 aliphatic heterocycles. The molecule has 0 aromatic carbocycles. The largest absolute Gasteiger partial charge is 0.466 e. The highest BCUT2D eigenvalue weighted by Gasteiger charge is 2.34. The number of amides is 1. The second-order valence-corrected chi connectivity index (χ2v) is 12.3. The zero-order valence-electron chi connectivity index (χ0n) is 19.8. The van der Waals surface area contributed by atoms with Crippen LogP contribution in [-0.4, -0.2) is 71.2 Å². The summed E-state index contributed by atoms with van der Waals surface area (Å²) in [4.78, 5) is 33.5. The number of likely N-dealkylation sites (tertiary alicyclic amines) is 1. The van der Waals surface area contributed by atoms with Crippen molar-refractivity contribution in [3.8, 4) is 10.6 Å². The van der Waals surface area contributed by atoms with Gasteiger partial charge in [0.25, 0.3) is 5.91 Å². The number of thiophene rings is 1. The molecule has 0 aliphatic carbocycles. The van der Waals surface area contributed by atoms with Crippen molar-refractivity contribution in [1.29, 1.82) is 0 Å². The van der Waals surface area contributed by atoms with E-state index in [0.717, 1.165) is 4.88 Å². The van der Waals surface area contributed by atoms with Gasteiger partial charge in [-0.3, -0.25) is 9.59 Å². The van der Waals surface area contributed by atoms with Crippen molar-refractivity contribution in [3.05, 3.63) is 34.8 Å². The van der Waals surface area contributed by atoms with Crippen molar-refractivity contribution < 1.29 is 22.7 Å². The van der Waals surface area contributed by atoms with Crippen LogP contribution in [0.2, 0.25) is 0 Å². The van der Waals surface area contributed by atoms with Gasteiger partial charge in [-0.2, -0.15) is 5.10 Å². The highest BCUT2D eigenvalue weighted by molar-refractivity contribution is 7.91. The molecule has 1 amide bonds. The summed E-state index contributed by atoms with van der Waals surface area (Å²) in [5, 5.41) is 7.28. The zero-order chi connectivity index (χ0) is 24.7. The van der Waals surface area contributed by atoms with E-state index in [1.165, 1.54) is 11.3 Å². The maximum absolute atomic E-state index is 13.8. The standard InChI is InChI=1S/C24H28N4O5S2/c1-3-33-24(30)16-6-9-27(10-7-16)23(29)18-13-19(20-5-4-11-34-20)25-22-21(18)15(2)26-28(22)17-8-12-35(31,32)14-17/h4-5,11,13,16-17H,3,6-10,12,14H2,1-2H3. The van der Waals surface area contributed by atoms with Gasteiger partial charge < -0.3 is 9.64 Å². The van der Waals surface area contributed by atoms with Gasteiger partial charge in [0.05, 0.1) is 57.3 Å². The summed E-state index contributed by atoms with van der Waals surface area (Å²) in [5.41, 5.74) is 2.37. The van der Waals surface area contributed by atoms with Crippen LogP contribution in [0.25, 0.3) is 21.6 Å². The minimum absolute atomic E-state index is 0.0266. The lowest BCUT2D eigenvalue weighted by atomic mass is 9.96. The first-order valence-corrected chi connectivity index (χ1v) is 14.6. The van der Waals surface area contributed by atoms with Crippen molar-refractivity contribution >= 4 is 44.1 Å². The topological polar surface area (TPSA) is 111 Å². The predicted molar refractivity (Wildman–Crippen MR) is 133 cm³/mol. The molecule has 9 nitrogen and oxygen atoms in total. The monoisotopic (exact) mass is 516 g/mol. The summed E-state index contributed by atoms with van der Waals surface area (Å²) in [6.45, 7) is 4.91. The van der Waals surface area contributed by atoms with Crippen molar-refractivity contribution in [3.63, 3.8) is 0 Å². The number of fused-ring (bicyclic) bond motifs is 1. The zero-order valence-corrected chi connectivity index (χ0v) is 21.4. The van der Waals surface area contributed by atoms with E-state index < -0.39 is 9.84 Å². The minimum Gasteiger partial charge on any atom is -0.466 e. The van der Waals surface area contributed by atoms with E-state index >= 15 is 0 Å². The first-order valence-electron chi connectivity index (χ1n) is 11.9. The Morgan fingerprint density at radius 3 is 2.63 bits per heavy atom. The number of pyridine rings is 1. The number of ether oxygens (including phenoxy) is 1. The van der Waals surface area contributed by atoms with Crippen LogP contribution < -0.4 is 0 Å². The fraction of sp³-hybridized carbons (Fsp3) is 0.500. The molecule has 186 valence electrons. The summed E-state index contributed by atoms with van der Waals surface area (Å²) >= 11 is 1.53. The summed E-state index contributed by atoms with van der Waals surface area (Å²) < 4.78 is 31.2. The lowest BCUT2D eigenvalue weighted by Gasteiger charge is -2.31. The Morgan fingerprint density at radius 2 is 2.00 bits per heavy atom. The second kappa shape index (κ2) is 9.34. The molecule has 0 N–H and O–H groups in total. The number of aryl methyl sites for hydroxylation is 1. The lowest BCUT2D eigenvalue weighted by Crippen LogP contribution is -2.40. The molecule has 5 rings (SSSR count). The Hall–Kier alpha value is -2.79. The molecule has 3 aromatic rings. The number of hydrogen-bond donors (Lipinski definition) is 0. The van der Waals surface area contributed by atoms with Gasteiger partial charge >= 0.3 is 5.97 Å². The molecule has 1 atom stereocenters. The smallest absolute Gasteiger partial charge is 0.309 e. The minimum atomic E-state index is -3.12. The number of carbonyl (C=O) groups is 2. The van der Waals surface area contributed by atoms with Gasteiger partial charge in [-0.1, -0.05) is 6.07 Å². The Morgan fingerprint density at radius 1 is 1.23 bits per heavy atom. The second-order valence-electron chi connectivity index (χ2n) is 9.14. The third-order valence-electron chi connectivity index (χ3n) is 6.80. The van der Waals surface area contributed by atoms with Crippen LogP contribution in [0.5, 0.6) is 0 Å². The first kappa shape index (κ1) is 23.9. The van der Waals surface area contributed by atoms with Crippen molar-refractivity contribution in [2.75, 3.05) is 31.2 Å². The van der Waals surface area contributed by atoms with Crippen LogP contribution in [0, 0.1) is 12.8 Å². The van der Waals surface area contributed by atoms with E-state index in [-0.39, 0.29) is 35.3 Å². The van der Waals surface area contributed by atoms with E-state index in [9.17, 15) is 18.0 Å². The van der Waals surface area contributed by atoms with Crippen LogP contribution in [-0.2, 0) is 19.4 Å². The molecule has 1 unspecified atom stereocenters. The number of esters is 1. The average Bonchev–Trinajstić information content (AvgIpc) is 3.58. The Bertz CT molecular complexity index is 1370. The number of piperidine rings is 1. The number of sulfone groups is 1. The number of nitrogens with zero attached hydrogens (tertiary/aromatic N) is 4. The molecular formula is C24H28N4O5S2. The maximum atomic E-state index is 13.8. The molecule has 35 heavy (non-hydrogen) atoms. The van der Waals surface area contributed by atoms with E-state index in [2.05, 4.69) is 5.10 Å². The molecule has 0 spiro atoms. The molecule has 2 fully saturated rings. The van der Waals surface area contributed by atoms with Gasteiger partial charge in [-0.05, 0) is 50.6 Å². The van der Waals surface area contributed by atoms with E-state index in [0.29, 0.717) is 66.9 Å². The van der Waals surface area contributed by atoms with Gasteiger partial charge in [0.2, 0.25) is 0 Å².